The van der Waals surface area contributed by atoms with Crippen molar-refractivity contribution in [1.82, 2.24) is 4.98 Å². The summed E-state index contributed by atoms with van der Waals surface area (Å²) in [7, 11) is 0. The smallest absolute Gasteiger partial charge is 0.185 e. The van der Waals surface area contributed by atoms with Crippen LogP contribution in [0.4, 0.5) is 5.13 Å². The second-order valence-corrected chi connectivity index (χ2v) is 4.92. The fourth-order valence-electron chi connectivity index (χ4n) is 1.68. The van der Waals surface area contributed by atoms with Gasteiger partial charge in [0.05, 0.1) is 11.1 Å². The van der Waals surface area contributed by atoms with E-state index in [1.807, 2.05) is 0 Å². The van der Waals surface area contributed by atoms with E-state index in [2.05, 4.69) is 30.7 Å². The number of carbonyl (C=O) groups is 1. The molecular weight excluding hydrogens is 220 g/mol. The van der Waals surface area contributed by atoms with Gasteiger partial charge in [-0.3, -0.25) is 4.79 Å². The van der Waals surface area contributed by atoms with Crippen LogP contribution >= 0.6 is 11.3 Å². The summed E-state index contributed by atoms with van der Waals surface area (Å²) >= 11 is 1.48. The van der Waals surface area contributed by atoms with Gasteiger partial charge in [0.1, 0.15) is 0 Å². The van der Waals surface area contributed by atoms with E-state index in [0.717, 1.165) is 24.5 Å². The van der Waals surface area contributed by atoms with Crippen LogP contribution in [0, 0.1) is 5.92 Å². The SMILES string of the molecule is CCC(CC)CN(CC)c1ncc(C=O)s1. The summed E-state index contributed by atoms with van der Waals surface area (Å²) in [6.45, 7) is 8.56. The molecule has 0 amide bonds. The summed E-state index contributed by atoms with van der Waals surface area (Å²) in [5.41, 5.74) is 0. The first-order valence-corrected chi connectivity index (χ1v) is 6.72. The van der Waals surface area contributed by atoms with Gasteiger partial charge in [0.2, 0.25) is 0 Å². The van der Waals surface area contributed by atoms with Crippen LogP contribution in [0.5, 0.6) is 0 Å². The monoisotopic (exact) mass is 240 g/mol. The molecule has 0 saturated carbocycles. The number of anilines is 1. The molecule has 4 heteroatoms. The summed E-state index contributed by atoms with van der Waals surface area (Å²) in [6.07, 6.45) is 4.91. The van der Waals surface area contributed by atoms with Crippen LogP contribution in [0.3, 0.4) is 0 Å². The predicted molar refractivity (Wildman–Crippen MR) is 69.5 cm³/mol. The zero-order valence-electron chi connectivity index (χ0n) is 10.3. The summed E-state index contributed by atoms with van der Waals surface area (Å²) in [5.74, 6) is 0.712. The molecule has 0 N–H and O–H groups in total. The largest absolute Gasteiger partial charge is 0.348 e. The van der Waals surface area contributed by atoms with Gasteiger partial charge in [0.25, 0.3) is 0 Å². The van der Waals surface area contributed by atoms with Crippen molar-refractivity contribution in [2.75, 3.05) is 18.0 Å². The molecule has 1 aromatic heterocycles. The lowest BCUT2D eigenvalue weighted by Crippen LogP contribution is -2.28. The van der Waals surface area contributed by atoms with Gasteiger partial charge in [-0.25, -0.2) is 4.98 Å². The van der Waals surface area contributed by atoms with Crippen LogP contribution < -0.4 is 4.90 Å². The number of hydrogen-bond donors (Lipinski definition) is 0. The van der Waals surface area contributed by atoms with Crippen molar-refractivity contribution in [3.8, 4) is 0 Å². The van der Waals surface area contributed by atoms with E-state index in [9.17, 15) is 4.79 Å². The van der Waals surface area contributed by atoms with Gasteiger partial charge in [0.15, 0.2) is 11.4 Å². The normalized spacial score (nSPS) is 10.8. The van der Waals surface area contributed by atoms with E-state index in [1.165, 1.54) is 24.2 Å². The molecular formula is C12H20N2OS. The number of hydrogen-bond acceptors (Lipinski definition) is 4. The molecule has 0 aliphatic carbocycles. The lowest BCUT2D eigenvalue weighted by molar-refractivity contribution is 0.112. The molecule has 0 unspecified atom stereocenters. The molecule has 0 saturated heterocycles. The zero-order valence-corrected chi connectivity index (χ0v) is 11.1. The lowest BCUT2D eigenvalue weighted by Gasteiger charge is -2.24. The highest BCUT2D eigenvalue weighted by Crippen LogP contribution is 2.23. The minimum Gasteiger partial charge on any atom is -0.348 e. The number of aromatic nitrogens is 1. The summed E-state index contributed by atoms with van der Waals surface area (Å²) in [5, 5.41) is 0.969. The van der Waals surface area contributed by atoms with Crippen LogP contribution in [-0.4, -0.2) is 24.4 Å². The molecule has 0 bridgehead atoms. The number of aldehydes is 1. The molecule has 0 fully saturated rings. The number of thiazole rings is 1. The first kappa shape index (κ1) is 13.2. The maximum absolute atomic E-state index is 10.6. The van der Waals surface area contributed by atoms with Gasteiger partial charge >= 0.3 is 0 Å². The van der Waals surface area contributed by atoms with Crippen molar-refractivity contribution >= 4 is 22.8 Å². The molecule has 3 nitrogen and oxygen atoms in total. The van der Waals surface area contributed by atoms with Crippen LogP contribution in [0.1, 0.15) is 43.3 Å². The van der Waals surface area contributed by atoms with E-state index >= 15 is 0 Å². The molecule has 0 atom stereocenters. The maximum atomic E-state index is 10.6. The molecule has 90 valence electrons. The Morgan fingerprint density at radius 2 is 2.12 bits per heavy atom. The van der Waals surface area contributed by atoms with Crippen molar-refractivity contribution in [3.05, 3.63) is 11.1 Å². The number of nitrogens with zero attached hydrogens (tertiary/aromatic N) is 2. The first-order chi connectivity index (χ1) is 7.74. The molecule has 1 aromatic rings. The van der Waals surface area contributed by atoms with E-state index in [1.54, 1.807) is 6.20 Å². The quantitative estimate of drug-likeness (QED) is 0.686. The van der Waals surface area contributed by atoms with Crippen LogP contribution in [0.2, 0.25) is 0 Å². The van der Waals surface area contributed by atoms with E-state index < -0.39 is 0 Å². The molecule has 0 spiro atoms. The van der Waals surface area contributed by atoms with Crippen molar-refractivity contribution in [2.45, 2.75) is 33.6 Å². The Morgan fingerprint density at radius 1 is 1.44 bits per heavy atom. The summed E-state index contributed by atoms with van der Waals surface area (Å²) in [6, 6.07) is 0. The topological polar surface area (TPSA) is 33.2 Å². The molecule has 1 rings (SSSR count). The fourth-order valence-corrected chi connectivity index (χ4v) is 2.48. The third-order valence-electron chi connectivity index (χ3n) is 2.91. The average Bonchev–Trinajstić information content (AvgIpc) is 2.79. The molecule has 0 radical (unpaired) electrons. The van der Waals surface area contributed by atoms with Gasteiger partial charge in [-0.1, -0.05) is 38.0 Å². The van der Waals surface area contributed by atoms with Gasteiger partial charge in [-0.05, 0) is 12.8 Å². The molecule has 16 heavy (non-hydrogen) atoms. The third kappa shape index (κ3) is 3.30. The van der Waals surface area contributed by atoms with Gasteiger partial charge in [-0.2, -0.15) is 0 Å². The minimum atomic E-state index is 0.706. The Hall–Kier alpha value is -0.900. The minimum absolute atomic E-state index is 0.706. The van der Waals surface area contributed by atoms with Crippen LogP contribution in [-0.2, 0) is 0 Å². The highest BCUT2D eigenvalue weighted by molar-refractivity contribution is 7.17. The van der Waals surface area contributed by atoms with Crippen molar-refractivity contribution in [2.24, 2.45) is 5.92 Å². The number of carbonyl (C=O) groups excluding carboxylic acids is 1. The maximum Gasteiger partial charge on any atom is 0.185 e. The fraction of sp³-hybridized carbons (Fsp3) is 0.667. The van der Waals surface area contributed by atoms with Gasteiger partial charge in [-0.15, -0.1) is 0 Å². The number of rotatable bonds is 7. The Labute approximate surface area is 101 Å². The zero-order chi connectivity index (χ0) is 12.0. The highest BCUT2D eigenvalue weighted by atomic mass is 32.1. The molecule has 0 aliphatic heterocycles. The van der Waals surface area contributed by atoms with E-state index in [-0.39, 0.29) is 0 Å². The van der Waals surface area contributed by atoms with Crippen LogP contribution in [0.15, 0.2) is 6.20 Å². The predicted octanol–water partition coefficient (Wildman–Crippen LogP) is 3.22. The Balaban J connectivity index is 2.69. The second-order valence-electron chi connectivity index (χ2n) is 3.88. The van der Waals surface area contributed by atoms with Crippen molar-refractivity contribution < 1.29 is 4.79 Å². The van der Waals surface area contributed by atoms with Gasteiger partial charge in [0, 0.05) is 13.1 Å². The molecule has 0 aromatic carbocycles. The third-order valence-corrected chi connectivity index (χ3v) is 3.90. The van der Waals surface area contributed by atoms with E-state index in [4.69, 9.17) is 0 Å². The summed E-state index contributed by atoms with van der Waals surface area (Å²) < 4.78 is 0. The van der Waals surface area contributed by atoms with Gasteiger partial charge < -0.3 is 4.90 Å². The lowest BCUT2D eigenvalue weighted by atomic mass is 10.0. The Morgan fingerprint density at radius 3 is 2.56 bits per heavy atom. The average molecular weight is 240 g/mol. The standard InChI is InChI=1S/C12H20N2OS/c1-4-10(5-2)8-14(6-3)12-13-7-11(9-15)16-12/h7,9-10H,4-6,8H2,1-3H3. The highest BCUT2D eigenvalue weighted by Gasteiger charge is 2.13. The Bertz CT molecular complexity index is 321. The Kier molecular flexibility index (Phi) is 5.46. The second kappa shape index (κ2) is 6.63. The van der Waals surface area contributed by atoms with Crippen molar-refractivity contribution in [3.63, 3.8) is 0 Å². The summed E-state index contributed by atoms with van der Waals surface area (Å²) in [4.78, 5) is 17.9. The molecule has 1 heterocycles. The first-order valence-electron chi connectivity index (χ1n) is 5.91. The van der Waals surface area contributed by atoms with E-state index in [0.29, 0.717) is 10.8 Å². The molecule has 0 aliphatic rings. The van der Waals surface area contributed by atoms with Crippen molar-refractivity contribution in [1.29, 1.82) is 0 Å². The van der Waals surface area contributed by atoms with Crippen LogP contribution in [0.25, 0.3) is 0 Å².